The van der Waals surface area contributed by atoms with E-state index in [0.717, 1.165) is 36.5 Å². The molecule has 1 atom stereocenters. The van der Waals surface area contributed by atoms with Crippen molar-refractivity contribution in [3.8, 4) is 0 Å². The first kappa shape index (κ1) is 14.8. The van der Waals surface area contributed by atoms with Crippen LogP contribution in [0.5, 0.6) is 0 Å². The van der Waals surface area contributed by atoms with Crippen LogP contribution >= 0.6 is 0 Å². The fourth-order valence-corrected chi connectivity index (χ4v) is 2.46. The van der Waals surface area contributed by atoms with Crippen molar-refractivity contribution in [1.29, 1.82) is 0 Å². The van der Waals surface area contributed by atoms with Gasteiger partial charge in [0.05, 0.1) is 0 Å². The molecular weight excluding hydrogens is 253 g/mol. The van der Waals surface area contributed by atoms with Gasteiger partial charge in [-0.05, 0) is 57.0 Å². The first-order chi connectivity index (χ1) is 9.60. The van der Waals surface area contributed by atoms with Gasteiger partial charge in [-0.2, -0.15) is 0 Å². The first-order valence-electron chi connectivity index (χ1n) is 7.15. The van der Waals surface area contributed by atoms with Gasteiger partial charge in [0, 0.05) is 11.6 Å². The zero-order valence-corrected chi connectivity index (χ0v) is 12.4. The quantitative estimate of drug-likeness (QED) is 0.849. The van der Waals surface area contributed by atoms with Crippen molar-refractivity contribution < 1.29 is 8.81 Å². The molecule has 3 heteroatoms. The largest absolute Gasteiger partial charge is 0.466 e. The van der Waals surface area contributed by atoms with E-state index in [1.807, 2.05) is 26.0 Å². The lowest BCUT2D eigenvalue weighted by Gasteiger charge is -2.18. The molecule has 1 N–H and O–H groups in total. The SMILES string of the molecule is CCCNC(Cc1ccc(F)cc1)c1cc(C)oc1C. The molecule has 0 fully saturated rings. The summed E-state index contributed by atoms with van der Waals surface area (Å²) in [5.74, 6) is 1.69. The molecule has 2 nitrogen and oxygen atoms in total. The van der Waals surface area contributed by atoms with E-state index < -0.39 is 0 Å². The van der Waals surface area contributed by atoms with Gasteiger partial charge in [-0.25, -0.2) is 4.39 Å². The van der Waals surface area contributed by atoms with Crippen LogP contribution < -0.4 is 5.32 Å². The first-order valence-corrected chi connectivity index (χ1v) is 7.15. The Bertz CT molecular complexity index is 545. The third-order valence-corrected chi connectivity index (χ3v) is 3.45. The highest BCUT2D eigenvalue weighted by atomic mass is 19.1. The van der Waals surface area contributed by atoms with Crippen LogP contribution in [0.3, 0.4) is 0 Å². The predicted molar refractivity (Wildman–Crippen MR) is 79.3 cm³/mol. The smallest absolute Gasteiger partial charge is 0.123 e. The van der Waals surface area contributed by atoms with Gasteiger partial charge in [-0.15, -0.1) is 0 Å². The topological polar surface area (TPSA) is 25.2 Å². The van der Waals surface area contributed by atoms with Crippen LogP contribution in [0.1, 0.15) is 42.0 Å². The third-order valence-electron chi connectivity index (χ3n) is 3.45. The van der Waals surface area contributed by atoms with E-state index in [-0.39, 0.29) is 11.9 Å². The van der Waals surface area contributed by atoms with Gasteiger partial charge in [-0.1, -0.05) is 19.1 Å². The Hall–Kier alpha value is -1.61. The van der Waals surface area contributed by atoms with Crippen molar-refractivity contribution in [2.24, 2.45) is 0 Å². The van der Waals surface area contributed by atoms with Gasteiger partial charge in [0.1, 0.15) is 17.3 Å². The van der Waals surface area contributed by atoms with Gasteiger partial charge in [0.15, 0.2) is 0 Å². The third kappa shape index (κ3) is 3.70. The molecule has 0 saturated heterocycles. The van der Waals surface area contributed by atoms with Crippen LogP contribution in [0, 0.1) is 19.7 Å². The monoisotopic (exact) mass is 275 g/mol. The second-order valence-electron chi connectivity index (χ2n) is 5.21. The van der Waals surface area contributed by atoms with Gasteiger partial charge in [-0.3, -0.25) is 0 Å². The molecule has 0 aliphatic heterocycles. The van der Waals surface area contributed by atoms with Crippen molar-refractivity contribution in [2.75, 3.05) is 6.54 Å². The van der Waals surface area contributed by atoms with Crippen molar-refractivity contribution in [3.63, 3.8) is 0 Å². The summed E-state index contributed by atoms with van der Waals surface area (Å²) in [6.45, 7) is 7.06. The summed E-state index contributed by atoms with van der Waals surface area (Å²) in [6, 6.07) is 9.01. The summed E-state index contributed by atoms with van der Waals surface area (Å²) in [5.41, 5.74) is 2.32. The Morgan fingerprint density at radius 3 is 2.45 bits per heavy atom. The molecule has 1 unspecified atom stereocenters. The Morgan fingerprint density at radius 1 is 1.20 bits per heavy atom. The lowest BCUT2D eigenvalue weighted by molar-refractivity contribution is 0.480. The molecule has 1 heterocycles. The number of halogens is 1. The van der Waals surface area contributed by atoms with Crippen LogP contribution in [0.4, 0.5) is 4.39 Å². The Morgan fingerprint density at radius 2 is 1.90 bits per heavy atom. The van der Waals surface area contributed by atoms with Crippen LogP contribution in [0.2, 0.25) is 0 Å². The normalized spacial score (nSPS) is 12.6. The van der Waals surface area contributed by atoms with Crippen LogP contribution in [-0.4, -0.2) is 6.54 Å². The molecule has 0 radical (unpaired) electrons. The summed E-state index contributed by atoms with van der Waals surface area (Å²) in [5, 5.41) is 3.55. The number of rotatable bonds is 6. The van der Waals surface area contributed by atoms with Gasteiger partial charge < -0.3 is 9.73 Å². The van der Waals surface area contributed by atoms with Crippen LogP contribution in [0.25, 0.3) is 0 Å². The molecule has 0 spiro atoms. The summed E-state index contributed by atoms with van der Waals surface area (Å²) in [7, 11) is 0. The summed E-state index contributed by atoms with van der Waals surface area (Å²) in [4.78, 5) is 0. The number of hydrogen-bond donors (Lipinski definition) is 1. The summed E-state index contributed by atoms with van der Waals surface area (Å²) >= 11 is 0. The maximum absolute atomic E-state index is 13.0. The lowest BCUT2D eigenvalue weighted by atomic mass is 9.99. The number of aryl methyl sites for hydroxylation is 2. The molecule has 2 aromatic rings. The van der Waals surface area contributed by atoms with E-state index in [2.05, 4.69) is 18.3 Å². The number of benzene rings is 1. The predicted octanol–water partition coefficient (Wildman–Crippen LogP) is 4.32. The number of furan rings is 1. The molecule has 108 valence electrons. The van der Waals surface area contributed by atoms with E-state index in [1.165, 1.54) is 17.7 Å². The Labute approximate surface area is 120 Å². The van der Waals surface area contributed by atoms with Crippen molar-refractivity contribution in [2.45, 2.75) is 39.7 Å². The fraction of sp³-hybridized carbons (Fsp3) is 0.412. The lowest BCUT2D eigenvalue weighted by Crippen LogP contribution is -2.24. The average Bonchev–Trinajstić information content (AvgIpc) is 2.76. The minimum absolute atomic E-state index is 0.192. The standard InChI is InChI=1S/C17H22FNO/c1-4-9-19-17(16-10-12(2)20-13(16)3)11-14-5-7-15(18)8-6-14/h5-8,10,17,19H,4,9,11H2,1-3H3. The van der Waals surface area contributed by atoms with E-state index >= 15 is 0 Å². The average molecular weight is 275 g/mol. The van der Waals surface area contributed by atoms with E-state index in [0.29, 0.717) is 0 Å². The van der Waals surface area contributed by atoms with E-state index in [1.54, 1.807) is 0 Å². The molecule has 0 bridgehead atoms. The summed E-state index contributed by atoms with van der Waals surface area (Å²) < 4.78 is 18.6. The van der Waals surface area contributed by atoms with Gasteiger partial charge in [0.2, 0.25) is 0 Å². The molecule has 0 saturated carbocycles. The molecule has 2 rings (SSSR count). The van der Waals surface area contributed by atoms with Crippen molar-refractivity contribution >= 4 is 0 Å². The zero-order chi connectivity index (χ0) is 14.5. The Kier molecular flexibility index (Phi) is 4.96. The minimum Gasteiger partial charge on any atom is -0.466 e. The van der Waals surface area contributed by atoms with Crippen molar-refractivity contribution in [3.05, 3.63) is 58.8 Å². The van der Waals surface area contributed by atoms with E-state index in [9.17, 15) is 4.39 Å². The molecule has 20 heavy (non-hydrogen) atoms. The van der Waals surface area contributed by atoms with Gasteiger partial charge in [0.25, 0.3) is 0 Å². The number of hydrogen-bond acceptors (Lipinski definition) is 2. The van der Waals surface area contributed by atoms with Crippen LogP contribution in [0.15, 0.2) is 34.7 Å². The molecule has 1 aromatic carbocycles. The maximum atomic E-state index is 13.0. The molecule has 0 amide bonds. The van der Waals surface area contributed by atoms with Gasteiger partial charge >= 0.3 is 0 Å². The fourth-order valence-electron chi connectivity index (χ4n) is 2.46. The highest BCUT2D eigenvalue weighted by Gasteiger charge is 2.17. The second-order valence-corrected chi connectivity index (χ2v) is 5.21. The van der Waals surface area contributed by atoms with E-state index in [4.69, 9.17) is 4.42 Å². The molecular formula is C17H22FNO. The minimum atomic E-state index is -0.192. The molecule has 1 aromatic heterocycles. The molecule has 0 aliphatic rings. The second kappa shape index (κ2) is 6.71. The highest BCUT2D eigenvalue weighted by molar-refractivity contribution is 5.27. The molecule has 0 aliphatic carbocycles. The number of nitrogens with one attached hydrogen (secondary N) is 1. The zero-order valence-electron chi connectivity index (χ0n) is 12.4. The Balaban J connectivity index is 2.19. The maximum Gasteiger partial charge on any atom is 0.123 e. The highest BCUT2D eigenvalue weighted by Crippen LogP contribution is 2.25. The summed E-state index contributed by atoms with van der Waals surface area (Å²) in [6.07, 6.45) is 1.91. The van der Waals surface area contributed by atoms with Crippen molar-refractivity contribution in [1.82, 2.24) is 5.32 Å². The van der Waals surface area contributed by atoms with Crippen LogP contribution in [-0.2, 0) is 6.42 Å².